The highest BCUT2D eigenvalue weighted by molar-refractivity contribution is 7.90. The van der Waals surface area contributed by atoms with Crippen molar-refractivity contribution in [2.45, 2.75) is 58.5 Å². The van der Waals surface area contributed by atoms with Crippen LogP contribution < -0.4 is 5.32 Å². The first-order valence-corrected chi connectivity index (χ1v) is 8.76. The summed E-state index contributed by atoms with van der Waals surface area (Å²) >= 11 is 0. The Hall–Kier alpha value is -0.0900. The van der Waals surface area contributed by atoms with Crippen molar-refractivity contribution >= 4 is 9.84 Å². The van der Waals surface area contributed by atoms with Crippen LogP contribution in [0.1, 0.15) is 46.5 Å². The molecule has 0 heterocycles. The molecule has 0 aliphatic heterocycles. The molecule has 1 fully saturated rings. The fourth-order valence-corrected chi connectivity index (χ4v) is 3.74. The third-order valence-electron chi connectivity index (χ3n) is 3.62. The average molecular weight is 261 g/mol. The molecule has 1 aliphatic rings. The summed E-state index contributed by atoms with van der Waals surface area (Å²) in [6, 6.07) is 0.871. The molecule has 0 aromatic heterocycles. The van der Waals surface area contributed by atoms with Gasteiger partial charge in [-0.3, -0.25) is 0 Å². The van der Waals surface area contributed by atoms with Crippen LogP contribution in [0.2, 0.25) is 0 Å². The molecule has 0 amide bonds. The van der Waals surface area contributed by atoms with Crippen molar-refractivity contribution in [3.05, 3.63) is 0 Å². The van der Waals surface area contributed by atoms with Gasteiger partial charge in [0.2, 0.25) is 0 Å². The van der Waals surface area contributed by atoms with Crippen LogP contribution >= 0.6 is 0 Å². The van der Waals surface area contributed by atoms with Crippen LogP contribution in [0.3, 0.4) is 0 Å². The Bertz CT molecular complexity index is 316. The van der Waals surface area contributed by atoms with Gasteiger partial charge in [-0.05, 0) is 44.4 Å². The van der Waals surface area contributed by atoms with Gasteiger partial charge in [0.05, 0.1) is 5.75 Å². The van der Waals surface area contributed by atoms with E-state index >= 15 is 0 Å². The van der Waals surface area contributed by atoms with E-state index in [2.05, 4.69) is 26.1 Å². The quantitative estimate of drug-likeness (QED) is 0.825. The molecule has 1 saturated carbocycles. The van der Waals surface area contributed by atoms with E-state index in [-0.39, 0.29) is 0 Å². The van der Waals surface area contributed by atoms with Gasteiger partial charge in [0.1, 0.15) is 9.84 Å². The topological polar surface area (TPSA) is 46.2 Å². The summed E-state index contributed by atoms with van der Waals surface area (Å²) in [7, 11) is -2.82. The Morgan fingerprint density at radius 3 is 2.18 bits per heavy atom. The Labute approximate surface area is 106 Å². The normalized spacial score (nSPS) is 32.4. The molecular weight excluding hydrogens is 234 g/mol. The Morgan fingerprint density at radius 2 is 1.71 bits per heavy atom. The fourth-order valence-electron chi connectivity index (χ4n) is 2.96. The third-order valence-corrected chi connectivity index (χ3v) is 4.60. The van der Waals surface area contributed by atoms with E-state index in [1.807, 2.05) is 0 Å². The predicted octanol–water partition coefficient (Wildman–Crippen LogP) is 2.22. The molecule has 4 heteroatoms. The third kappa shape index (κ3) is 6.41. The smallest absolute Gasteiger partial charge is 0.147 e. The van der Waals surface area contributed by atoms with E-state index < -0.39 is 9.84 Å². The van der Waals surface area contributed by atoms with Crippen LogP contribution in [0.25, 0.3) is 0 Å². The first kappa shape index (κ1) is 15.0. The highest BCUT2D eigenvalue weighted by atomic mass is 32.2. The highest BCUT2D eigenvalue weighted by Crippen LogP contribution is 2.28. The Balaban J connectivity index is 2.32. The number of sulfone groups is 1. The molecule has 0 unspecified atom stereocenters. The molecule has 17 heavy (non-hydrogen) atoms. The van der Waals surface area contributed by atoms with E-state index in [0.717, 1.165) is 18.3 Å². The minimum Gasteiger partial charge on any atom is -0.311 e. The van der Waals surface area contributed by atoms with Crippen molar-refractivity contribution < 1.29 is 8.42 Å². The second-order valence-electron chi connectivity index (χ2n) is 6.10. The minimum atomic E-state index is -2.82. The van der Waals surface area contributed by atoms with E-state index in [1.165, 1.54) is 25.5 Å². The molecule has 0 aromatic rings. The van der Waals surface area contributed by atoms with E-state index in [4.69, 9.17) is 0 Å². The monoisotopic (exact) mass is 261 g/mol. The minimum absolute atomic E-state index is 0.291. The van der Waals surface area contributed by atoms with Crippen LogP contribution in [-0.4, -0.2) is 32.5 Å². The summed E-state index contributed by atoms with van der Waals surface area (Å²) in [6.07, 6.45) is 5.82. The van der Waals surface area contributed by atoms with Crippen molar-refractivity contribution in [2.24, 2.45) is 11.8 Å². The zero-order valence-corrected chi connectivity index (χ0v) is 12.4. The lowest BCUT2D eigenvalue weighted by Crippen LogP contribution is -2.41. The predicted molar refractivity (Wildman–Crippen MR) is 72.9 cm³/mol. The summed E-state index contributed by atoms with van der Waals surface area (Å²) in [6.45, 7) is 6.71. The maximum absolute atomic E-state index is 11.1. The lowest BCUT2D eigenvalue weighted by Gasteiger charge is -2.34. The second-order valence-corrected chi connectivity index (χ2v) is 8.36. The summed E-state index contributed by atoms with van der Waals surface area (Å²) in [4.78, 5) is 0. The van der Waals surface area contributed by atoms with E-state index in [1.54, 1.807) is 0 Å². The molecule has 102 valence electrons. The molecule has 0 bridgehead atoms. The Kier molecular flexibility index (Phi) is 5.45. The number of hydrogen-bond donors (Lipinski definition) is 1. The van der Waals surface area contributed by atoms with E-state index in [9.17, 15) is 8.42 Å². The molecule has 0 spiro atoms. The van der Waals surface area contributed by atoms with Gasteiger partial charge in [-0.2, -0.15) is 0 Å². The average Bonchev–Trinajstić information content (AvgIpc) is 2.11. The summed E-state index contributed by atoms with van der Waals surface area (Å²) in [5.74, 6) is 1.87. The first-order valence-electron chi connectivity index (χ1n) is 6.70. The SMILES string of the molecule is C[C@H]1CC(N[C@@H](C)CCS(C)(=O)=O)C[C@H](C)C1. The van der Waals surface area contributed by atoms with Crippen molar-refractivity contribution in [3.8, 4) is 0 Å². The zero-order valence-electron chi connectivity index (χ0n) is 11.6. The summed E-state index contributed by atoms with van der Waals surface area (Å²) in [5.41, 5.74) is 0. The lowest BCUT2D eigenvalue weighted by molar-refractivity contribution is 0.227. The maximum atomic E-state index is 11.1. The van der Waals surface area contributed by atoms with Gasteiger partial charge < -0.3 is 5.32 Å². The largest absolute Gasteiger partial charge is 0.311 e. The maximum Gasteiger partial charge on any atom is 0.147 e. The Morgan fingerprint density at radius 1 is 1.18 bits per heavy atom. The zero-order chi connectivity index (χ0) is 13.1. The van der Waals surface area contributed by atoms with Crippen LogP contribution in [-0.2, 0) is 9.84 Å². The van der Waals surface area contributed by atoms with Crippen LogP contribution in [0.4, 0.5) is 0 Å². The highest BCUT2D eigenvalue weighted by Gasteiger charge is 2.24. The molecule has 3 atom stereocenters. The van der Waals surface area contributed by atoms with Gasteiger partial charge in [0, 0.05) is 18.3 Å². The second kappa shape index (κ2) is 6.19. The number of rotatable bonds is 5. The fraction of sp³-hybridized carbons (Fsp3) is 1.00. The van der Waals surface area contributed by atoms with Crippen molar-refractivity contribution in [1.29, 1.82) is 0 Å². The van der Waals surface area contributed by atoms with Gasteiger partial charge in [0.15, 0.2) is 0 Å². The first-order chi connectivity index (χ1) is 7.76. The molecule has 3 nitrogen and oxygen atoms in total. The van der Waals surface area contributed by atoms with Crippen LogP contribution in [0, 0.1) is 11.8 Å². The molecule has 1 aliphatic carbocycles. The van der Waals surface area contributed by atoms with Crippen LogP contribution in [0.15, 0.2) is 0 Å². The standard InChI is InChI=1S/C13H27NO2S/c1-10-7-11(2)9-13(8-10)14-12(3)5-6-17(4,15)16/h10-14H,5-9H2,1-4H3/t10-,11-,12+/m1/s1. The lowest BCUT2D eigenvalue weighted by atomic mass is 9.80. The molecule has 0 radical (unpaired) electrons. The van der Waals surface area contributed by atoms with Crippen molar-refractivity contribution in [1.82, 2.24) is 5.32 Å². The number of nitrogens with one attached hydrogen (secondary N) is 1. The van der Waals surface area contributed by atoms with Crippen molar-refractivity contribution in [3.63, 3.8) is 0 Å². The molecule has 1 rings (SSSR count). The number of hydrogen-bond acceptors (Lipinski definition) is 3. The molecule has 0 aromatic carbocycles. The van der Waals surface area contributed by atoms with Gasteiger partial charge in [-0.1, -0.05) is 13.8 Å². The molecule has 0 saturated heterocycles. The van der Waals surface area contributed by atoms with Gasteiger partial charge in [0.25, 0.3) is 0 Å². The van der Waals surface area contributed by atoms with Crippen LogP contribution in [0.5, 0.6) is 0 Å². The molecular formula is C13H27NO2S. The van der Waals surface area contributed by atoms with Gasteiger partial charge in [-0.15, -0.1) is 0 Å². The van der Waals surface area contributed by atoms with E-state index in [0.29, 0.717) is 17.8 Å². The van der Waals surface area contributed by atoms with Gasteiger partial charge in [-0.25, -0.2) is 8.42 Å². The molecule has 1 N–H and O–H groups in total. The van der Waals surface area contributed by atoms with Crippen molar-refractivity contribution in [2.75, 3.05) is 12.0 Å². The summed E-state index contributed by atoms with van der Waals surface area (Å²) < 4.78 is 22.2. The summed E-state index contributed by atoms with van der Waals surface area (Å²) in [5, 5.41) is 3.59. The van der Waals surface area contributed by atoms with Gasteiger partial charge >= 0.3 is 0 Å².